The fourth-order valence-corrected chi connectivity index (χ4v) is 4.47. The van der Waals surface area contributed by atoms with E-state index in [1.807, 2.05) is 6.08 Å². The second kappa shape index (κ2) is 11.7. The summed E-state index contributed by atoms with van der Waals surface area (Å²) in [4.78, 5) is 0. The lowest BCUT2D eigenvalue weighted by Crippen LogP contribution is -2.13. The minimum absolute atomic E-state index is 0.752. The summed E-state index contributed by atoms with van der Waals surface area (Å²) in [5, 5.41) is 0. The molecule has 0 saturated heterocycles. The van der Waals surface area contributed by atoms with Crippen molar-refractivity contribution >= 4 is 0 Å². The summed E-state index contributed by atoms with van der Waals surface area (Å²) in [7, 11) is 0. The van der Waals surface area contributed by atoms with Crippen LogP contribution in [0.5, 0.6) is 0 Å². The molecule has 0 bridgehead atoms. The monoisotopic (exact) mass is 384 g/mol. The lowest BCUT2D eigenvalue weighted by molar-refractivity contribution is 0.303. The maximum absolute atomic E-state index is 3.79. The van der Waals surface area contributed by atoms with Crippen LogP contribution in [0.3, 0.4) is 0 Å². The van der Waals surface area contributed by atoms with Gasteiger partial charge in [0.15, 0.2) is 0 Å². The zero-order valence-electron chi connectivity index (χ0n) is 18.1. The molecule has 1 aliphatic rings. The molecule has 0 aromatic heterocycles. The third-order valence-corrected chi connectivity index (χ3v) is 6.39. The highest BCUT2D eigenvalue weighted by atomic mass is 14.3. The molecule has 0 atom stereocenters. The molecule has 0 heterocycles. The molecule has 0 radical (unpaired) electrons. The van der Waals surface area contributed by atoms with Crippen LogP contribution in [0, 0.1) is 17.8 Å². The van der Waals surface area contributed by atoms with Crippen LogP contribution in [0.1, 0.15) is 92.9 Å². The van der Waals surface area contributed by atoms with Gasteiger partial charge in [0, 0.05) is 11.1 Å². The molecular weight excluding hydrogens is 348 g/mol. The van der Waals surface area contributed by atoms with Gasteiger partial charge in [0.25, 0.3) is 0 Å². The lowest BCUT2D eigenvalue weighted by Gasteiger charge is -2.29. The predicted octanol–water partition coefficient (Wildman–Crippen LogP) is 8.06. The van der Waals surface area contributed by atoms with E-state index >= 15 is 0 Å². The molecule has 0 spiro atoms. The molecule has 0 nitrogen and oxygen atoms in total. The van der Waals surface area contributed by atoms with Crippen molar-refractivity contribution in [1.82, 2.24) is 0 Å². The van der Waals surface area contributed by atoms with Crippen molar-refractivity contribution < 1.29 is 0 Å². The van der Waals surface area contributed by atoms with Gasteiger partial charge in [0.2, 0.25) is 0 Å². The molecule has 29 heavy (non-hydrogen) atoms. The molecule has 0 amide bonds. The maximum atomic E-state index is 3.79. The Morgan fingerprint density at radius 1 is 0.862 bits per heavy atom. The van der Waals surface area contributed by atoms with Crippen LogP contribution < -0.4 is 0 Å². The summed E-state index contributed by atoms with van der Waals surface area (Å²) in [5.41, 5.74) is 5.05. The van der Waals surface area contributed by atoms with Gasteiger partial charge < -0.3 is 0 Å². The number of hydrogen-bond acceptors (Lipinski definition) is 0. The van der Waals surface area contributed by atoms with Crippen molar-refractivity contribution in [3.63, 3.8) is 0 Å². The Morgan fingerprint density at radius 2 is 1.48 bits per heavy atom. The molecule has 0 aliphatic heterocycles. The van der Waals surface area contributed by atoms with Crippen LogP contribution in [0.15, 0.2) is 61.2 Å². The van der Waals surface area contributed by atoms with Crippen molar-refractivity contribution in [1.29, 1.82) is 0 Å². The molecule has 2 aromatic carbocycles. The molecule has 2 aromatic rings. The zero-order valence-corrected chi connectivity index (χ0v) is 18.1. The maximum Gasteiger partial charge on any atom is 0.0249 e. The summed E-state index contributed by atoms with van der Waals surface area (Å²) < 4.78 is 0. The second-order valence-electron chi connectivity index (χ2n) is 8.61. The average Bonchev–Trinajstić information content (AvgIpc) is 2.78. The standard InChI is InChI=1S/C29H36/c1-3-5-7-9-25-16-20-28(21-17-25)29-22-18-27(19-23-29)15-14-26-12-10-24(11-13-26)8-6-4-2/h4,10-13,18-19,22-23,25,28H,2-3,5-9,16-17,20-21H2,1H3. The number of allylic oxidation sites excluding steroid dienone is 1. The lowest BCUT2D eigenvalue weighted by atomic mass is 9.77. The van der Waals surface area contributed by atoms with Gasteiger partial charge in [-0.15, -0.1) is 6.58 Å². The molecule has 152 valence electrons. The first-order valence-electron chi connectivity index (χ1n) is 11.6. The Morgan fingerprint density at radius 3 is 2.07 bits per heavy atom. The molecule has 1 saturated carbocycles. The molecule has 0 unspecified atom stereocenters. The summed E-state index contributed by atoms with van der Waals surface area (Å²) in [5.74, 6) is 8.36. The second-order valence-corrected chi connectivity index (χ2v) is 8.61. The SMILES string of the molecule is C=CCCc1ccc(C#Cc2ccc(C3CCC(CCCCC)CC3)cc2)cc1. The minimum Gasteiger partial charge on any atom is -0.103 e. The van der Waals surface area contributed by atoms with E-state index in [-0.39, 0.29) is 0 Å². The van der Waals surface area contributed by atoms with E-state index in [1.165, 1.54) is 62.5 Å². The van der Waals surface area contributed by atoms with E-state index < -0.39 is 0 Å². The largest absolute Gasteiger partial charge is 0.103 e. The van der Waals surface area contributed by atoms with Crippen LogP contribution >= 0.6 is 0 Å². The van der Waals surface area contributed by atoms with Crippen LogP contribution in [0.25, 0.3) is 0 Å². The first-order valence-corrected chi connectivity index (χ1v) is 11.6. The first-order chi connectivity index (χ1) is 14.3. The zero-order chi connectivity index (χ0) is 20.3. The van der Waals surface area contributed by atoms with E-state index in [4.69, 9.17) is 0 Å². The van der Waals surface area contributed by atoms with E-state index in [9.17, 15) is 0 Å². The van der Waals surface area contributed by atoms with Gasteiger partial charge in [-0.1, -0.05) is 74.8 Å². The Balaban J connectivity index is 1.51. The van der Waals surface area contributed by atoms with Gasteiger partial charge >= 0.3 is 0 Å². The molecule has 3 rings (SSSR count). The summed E-state index contributed by atoms with van der Waals surface area (Å²) >= 11 is 0. The van der Waals surface area contributed by atoms with Crippen molar-refractivity contribution in [3.05, 3.63) is 83.4 Å². The number of hydrogen-bond donors (Lipinski definition) is 0. The van der Waals surface area contributed by atoms with Gasteiger partial charge in [-0.2, -0.15) is 0 Å². The van der Waals surface area contributed by atoms with Crippen molar-refractivity contribution in [2.45, 2.75) is 77.0 Å². The fourth-order valence-electron chi connectivity index (χ4n) is 4.47. The minimum atomic E-state index is 0.752. The van der Waals surface area contributed by atoms with Gasteiger partial charge in [-0.25, -0.2) is 0 Å². The highest BCUT2D eigenvalue weighted by Crippen LogP contribution is 2.37. The molecule has 1 aliphatic carbocycles. The number of rotatable bonds is 8. The fraction of sp³-hybridized carbons (Fsp3) is 0.448. The van der Waals surface area contributed by atoms with Gasteiger partial charge in [0.05, 0.1) is 0 Å². The third-order valence-electron chi connectivity index (χ3n) is 6.39. The van der Waals surface area contributed by atoms with E-state index in [1.54, 1.807) is 0 Å². The van der Waals surface area contributed by atoms with E-state index in [0.717, 1.165) is 35.8 Å². The van der Waals surface area contributed by atoms with Gasteiger partial charge in [-0.3, -0.25) is 0 Å². The molecule has 0 N–H and O–H groups in total. The Bertz CT molecular complexity index is 790. The average molecular weight is 385 g/mol. The summed E-state index contributed by atoms with van der Waals surface area (Å²) in [6.45, 7) is 6.08. The predicted molar refractivity (Wildman–Crippen MR) is 126 cm³/mol. The quantitative estimate of drug-likeness (QED) is 0.245. The van der Waals surface area contributed by atoms with Crippen molar-refractivity contribution in [3.8, 4) is 11.8 Å². The Labute approximate surface area is 178 Å². The smallest absolute Gasteiger partial charge is 0.0249 e. The summed E-state index contributed by atoms with van der Waals surface area (Å²) in [6, 6.07) is 17.6. The number of benzene rings is 2. The number of unbranched alkanes of at least 4 members (excludes halogenated alkanes) is 2. The van der Waals surface area contributed by atoms with Crippen molar-refractivity contribution in [2.75, 3.05) is 0 Å². The topological polar surface area (TPSA) is 0 Å². The van der Waals surface area contributed by atoms with E-state index in [0.29, 0.717) is 0 Å². The molecule has 0 heteroatoms. The Kier molecular flexibility index (Phi) is 8.63. The molecular formula is C29H36. The Hall–Kier alpha value is -2.26. The van der Waals surface area contributed by atoms with Gasteiger partial charge in [-0.05, 0) is 85.8 Å². The molecule has 1 fully saturated rings. The van der Waals surface area contributed by atoms with Crippen LogP contribution in [0.2, 0.25) is 0 Å². The highest BCUT2D eigenvalue weighted by Gasteiger charge is 2.21. The first kappa shape index (κ1) is 21.4. The van der Waals surface area contributed by atoms with Crippen LogP contribution in [-0.2, 0) is 6.42 Å². The summed E-state index contributed by atoms with van der Waals surface area (Å²) in [6.07, 6.45) is 15.2. The van der Waals surface area contributed by atoms with Crippen LogP contribution in [-0.4, -0.2) is 0 Å². The van der Waals surface area contributed by atoms with Gasteiger partial charge in [0.1, 0.15) is 0 Å². The van der Waals surface area contributed by atoms with Crippen molar-refractivity contribution in [2.24, 2.45) is 5.92 Å². The van der Waals surface area contributed by atoms with E-state index in [2.05, 4.69) is 73.9 Å². The highest BCUT2D eigenvalue weighted by molar-refractivity contribution is 5.44. The number of aryl methyl sites for hydroxylation is 1. The normalized spacial score (nSPS) is 18.7. The third kappa shape index (κ3) is 6.93. The van der Waals surface area contributed by atoms with Crippen LogP contribution in [0.4, 0.5) is 0 Å².